The number of amides is 2. The number of piperidine rings is 1. The minimum absolute atomic E-state index is 0.101. The lowest BCUT2D eigenvalue weighted by atomic mass is 9.96. The van der Waals surface area contributed by atoms with E-state index in [1.807, 2.05) is 37.3 Å². The zero-order chi connectivity index (χ0) is 21.8. The van der Waals surface area contributed by atoms with E-state index in [0.717, 1.165) is 53.7 Å². The molecule has 162 valence electrons. The zero-order valence-corrected chi connectivity index (χ0v) is 19.2. The van der Waals surface area contributed by atoms with E-state index in [4.69, 9.17) is 0 Å². The molecule has 1 saturated heterocycles. The summed E-state index contributed by atoms with van der Waals surface area (Å²) in [4.78, 5) is 37.0. The molecule has 1 fully saturated rings. The van der Waals surface area contributed by atoms with Crippen molar-refractivity contribution >= 4 is 34.5 Å². The highest BCUT2D eigenvalue weighted by Gasteiger charge is 2.26. The van der Waals surface area contributed by atoms with Gasteiger partial charge in [0.2, 0.25) is 5.91 Å². The van der Waals surface area contributed by atoms with Crippen LogP contribution in [0.2, 0.25) is 0 Å². The van der Waals surface area contributed by atoms with Crippen molar-refractivity contribution in [3.8, 4) is 10.6 Å². The van der Waals surface area contributed by atoms with Crippen molar-refractivity contribution in [1.29, 1.82) is 0 Å². The van der Waals surface area contributed by atoms with Gasteiger partial charge in [0.15, 0.2) is 0 Å². The molecule has 2 amide bonds. The van der Waals surface area contributed by atoms with Gasteiger partial charge in [-0.25, -0.2) is 9.97 Å². The summed E-state index contributed by atoms with van der Waals surface area (Å²) >= 11 is 2.99. The first-order valence-corrected chi connectivity index (χ1v) is 12.0. The predicted molar refractivity (Wildman–Crippen MR) is 123 cm³/mol. The topological polar surface area (TPSA) is 87.2 Å². The van der Waals surface area contributed by atoms with E-state index in [9.17, 15) is 9.59 Å². The van der Waals surface area contributed by atoms with Gasteiger partial charge in [0.25, 0.3) is 5.91 Å². The molecule has 1 aromatic carbocycles. The average Bonchev–Trinajstić information content (AvgIpc) is 3.38. The number of hydrogen-bond donors (Lipinski definition) is 2. The Morgan fingerprint density at radius 3 is 2.52 bits per heavy atom. The van der Waals surface area contributed by atoms with Gasteiger partial charge in [-0.05, 0) is 39.8 Å². The first-order valence-electron chi connectivity index (χ1n) is 10.3. The van der Waals surface area contributed by atoms with E-state index >= 15 is 0 Å². The number of nitrogens with one attached hydrogen (secondary N) is 2. The van der Waals surface area contributed by atoms with Gasteiger partial charge in [-0.3, -0.25) is 25.3 Å². The number of benzene rings is 1. The number of carbonyl (C=O) groups is 2. The van der Waals surface area contributed by atoms with E-state index in [1.165, 1.54) is 11.3 Å². The van der Waals surface area contributed by atoms with Crippen LogP contribution in [0.4, 0.5) is 0 Å². The molecule has 1 aliphatic rings. The van der Waals surface area contributed by atoms with E-state index in [2.05, 4.69) is 31.1 Å². The molecule has 0 atom stereocenters. The molecule has 3 aromatic rings. The van der Waals surface area contributed by atoms with Crippen LogP contribution < -0.4 is 10.9 Å². The quantitative estimate of drug-likeness (QED) is 0.575. The average molecular weight is 456 g/mol. The molecule has 2 N–H and O–H groups in total. The fourth-order valence-corrected chi connectivity index (χ4v) is 5.22. The Kier molecular flexibility index (Phi) is 6.74. The first kappa shape index (κ1) is 21.6. The molecular weight excluding hydrogens is 430 g/mol. The number of aromatic nitrogens is 2. The highest BCUT2D eigenvalue weighted by atomic mass is 32.1. The van der Waals surface area contributed by atoms with Crippen molar-refractivity contribution in [3.05, 3.63) is 57.0 Å². The summed E-state index contributed by atoms with van der Waals surface area (Å²) in [5, 5.41) is 3.96. The summed E-state index contributed by atoms with van der Waals surface area (Å²) < 4.78 is 0. The van der Waals surface area contributed by atoms with Crippen molar-refractivity contribution in [2.24, 2.45) is 5.92 Å². The molecule has 0 bridgehead atoms. The number of nitrogens with zero attached hydrogens (tertiary/aromatic N) is 3. The van der Waals surface area contributed by atoms with Crippen LogP contribution in [0.1, 0.15) is 38.9 Å². The van der Waals surface area contributed by atoms with Crippen LogP contribution in [0, 0.1) is 19.8 Å². The summed E-state index contributed by atoms with van der Waals surface area (Å²) in [6.07, 6.45) is 1.53. The van der Waals surface area contributed by atoms with E-state index < -0.39 is 0 Å². The maximum Gasteiger partial charge on any atom is 0.281 e. The van der Waals surface area contributed by atoms with Crippen LogP contribution >= 0.6 is 22.7 Å². The summed E-state index contributed by atoms with van der Waals surface area (Å²) in [6, 6.07) is 9.75. The van der Waals surface area contributed by atoms with Crippen molar-refractivity contribution < 1.29 is 9.59 Å². The Labute approximate surface area is 189 Å². The van der Waals surface area contributed by atoms with Crippen LogP contribution in [-0.4, -0.2) is 39.8 Å². The smallest absolute Gasteiger partial charge is 0.281 e. The summed E-state index contributed by atoms with van der Waals surface area (Å²) in [6.45, 7) is 6.33. The molecule has 0 saturated carbocycles. The largest absolute Gasteiger partial charge is 0.297 e. The number of carbonyl (C=O) groups excluding carboxylic acids is 2. The fourth-order valence-electron chi connectivity index (χ4n) is 3.65. The Bertz CT molecular complexity index is 1060. The van der Waals surface area contributed by atoms with Crippen LogP contribution in [0.15, 0.2) is 35.7 Å². The fraction of sp³-hybridized carbons (Fsp3) is 0.364. The van der Waals surface area contributed by atoms with Gasteiger partial charge in [0, 0.05) is 23.4 Å². The lowest BCUT2D eigenvalue weighted by Crippen LogP contribution is -2.47. The van der Waals surface area contributed by atoms with Crippen LogP contribution in [0.3, 0.4) is 0 Å². The molecule has 0 spiro atoms. The van der Waals surface area contributed by atoms with Gasteiger partial charge in [-0.2, -0.15) is 0 Å². The SMILES string of the molecule is Cc1nc(CN2CCC(C(=O)NNC(=O)c3sc(-c4ccccc4)nc3C)CC2)cs1. The second-order valence-corrected chi connectivity index (χ2v) is 9.71. The van der Waals surface area contributed by atoms with Crippen molar-refractivity contribution in [3.63, 3.8) is 0 Å². The number of thiazole rings is 2. The molecular formula is C22H25N5O2S2. The molecule has 4 rings (SSSR count). The Balaban J connectivity index is 1.26. The van der Waals surface area contributed by atoms with Crippen LogP contribution in [0.5, 0.6) is 0 Å². The van der Waals surface area contributed by atoms with E-state index in [0.29, 0.717) is 10.6 Å². The zero-order valence-electron chi connectivity index (χ0n) is 17.6. The predicted octanol–water partition coefficient (Wildman–Crippen LogP) is 3.56. The van der Waals surface area contributed by atoms with Crippen molar-refractivity contribution in [2.75, 3.05) is 13.1 Å². The second-order valence-electron chi connectivity index (χ2n) is 7.65. The normalized spacial score (nSPS) is 15.0. The van der Waals surface area contributed by atoms with Crippen molar-refractivity contribution in [1.82, 2.24) is 25.7 Å². The molecule has 9 heteroatoms. The Hall–Kier alpha value is -2.62. The van der Waals surface area contributed by atoms with Gasteiger partial charge in [-0.15, -0.1) is 22.7 Å². The van der Waals surface area contributed by atoms with E-state index in [1.54, 1.807) is 18.3 Å². The number of hydrogen-bond acceptors (Lipinski definition) is 7. The third-order valence-electron chi connectivity index (χ3n) is 5.33. The summed E-state index contributed by atoms with van der Waals surface area (Å²) in [5.41, 5.74) is 7.89. The third-order valence-corrected chi connectivity index (χ3v) is 7.36. The lowest BCUT2D eigenvalue weighted by Gasteiger charge is -2.30. The minimum atomic E-state index is -0.332. The number of likely N-dealkylation sites (tertiary alicyclic amines) is 1. The number of rotatable bonds is 5. The molecule has 0 unspecified atom stereocenters. The minimum Gasteiger partial charge on any atom is -0.297 e. The molecule has 3 heterocycles. The van der Waals surface area contributed by atoms with Gasteiger partial charge < -0.3 is 0 Å². The highest BCUT2D eigenvalue weighted by Crippen LogP contribution is 2.27. The van der Waals surface area contributed by atoms with Crippen molar-refractivity contribution in [2.45, 2.75) is 33.2 Å². The third kappa shape index (κ3) is 5.36. The number of hydrazine groups is 1. The van der Waals surface area contributed by atoms with Gasteiger partial charge in [-0.1, -0.05) is 30.3 Å². The lowest BCUT2D eigenvalue weighted by molar-refractivity contribution is -0.127. The summed E-state index contributed by atoms with van der Waals surface area (Å²) in [5.74, 6) is -0.569. The molecule has 7 nitrogen and oxygen atoms in total. The molecule has 31 heavy (non-hydrogen) atoms. The monoisotopic (exact) mass is 455 g/mol. The maximum absolute atomic E-state index is 12.6. The summed E-state index contributed by atoms with van der Waals surface area (Å²) in [7, 11) is 0. The maximum atomic E-state index is 12.6. The van der Waals surface area contributed by atoms with E-state index in [-0.39, 0.29) is 17.7 Å². The molecule has 2 aromatic heterocycles. The molecule has 0 radical (unpaired) electrons. The number of aryl methyl sites for hydroxylation is 2. The van der Waals surface area contributed by atoms with Crippen LogP contribution in [0.25, 0.3) is 10.6 Å². The first-order chi connectivity index (χ1) is 15.0. The molecule has 1 aliphatic heterocycles. The Morgan fingerprint density at radius 2 is 1.84 bits per heavy atom. The standard InChI is InChI=1S/C22H25N5O2S2/c1-14-19(31-22(23-14)17-6-4-3-5-7-17)21(29)26-25-20(28)16-8-10-27(11-9-16)12-18-13-30-15(2)24-18/h3-7,13,16H,8-12H2,1-2H3,(H,25,28)(H,26,29). The van der Waals surface area contributed by atoms with Gasteiger partial charge in [0.1, 0.15) is 9.88 Å². The highest BCUT2D eigenvalue weighted by molar-refractivity contribution is 7.17. The molecule has 0 aliphatic carbocycles. The Morgan fingerprint density at radius 1 is 1.10 bits per heavy atom. The van der Waals surface area contributed by atoms with Gasteiger partial charge >= 0.3 is 0 Å². The van der Waals surface area contributed by atoms with Gasteiger partial charge in [0.05, 0.1) is 16.4 Å². The van der Waals surface area contributed by atoms with Crippen LogP contribution in [-0.2, 0) is 11.3 Å². The second kappa shape index (κ2) is 9.67.